The zero-order chi connectivity index (χ0) is 19.6. The van der Waals surface area contributed by atoms with E-state index in [4.69, 9.17) is 0 Å². The molecule has 0 bridgehead atoms. The molecule has 0 heterocycles. The molecule has 0 aromatic heterocycles. The van der Waals surface area contributed by atoms with Gasteiger partial charge in [0.2, 0.25) is 0 Å². The molecule has 1 aromatic carbocycles. The van der Waals surface area contributed by atoms with Crippen molar-refractivity contribution in [3.8, 4) is 0 Å². The maximum Gasteiger partial charge on any atom is 0.336 e. The Hall–Kier alpha value is -1.84. The second-order valence-electron chi connectivity index (χ2n) is 7.28. The zero-order valence-corrected chi connectivity index (χ0v) is 16.5. The van der Waals surface area contributed by atoms with E-state index in [2.05, 4.69) is 20.8 Å². The maximum atomic E-state index is 12.0. The Balaban J connectivity index is 3.53. The highest BCUT2D eigenvalue weighted by molar-refractivity contribution is 6.03. The van der Waals surface area contributed by atoms with E-state index in [1.165, 1.54) is 6.07 Å². The molecule has 2 N–H and O–H groups in total. The number of benzene rings is 1. The first-order chi connectivity index (χ1) is 12.4. The van der Waals surface area contributed by atoms with Gasteiger partial charge in [-0.1, -0.05) is 77.8 Å². The lowest BCUT2D eigenvalue weighted by atomic mass is 9.67. The van der Waals surface area contributed by atoms with Crippen LogP contribution in [0, 0.1) is 0 Å². The molecule has 4 nitrogen and oxygen atoms in total. The van der Waals surface area contributed by atoms with Crippen molar-refractivity contribution < 1.29 is 19.8 Å². The minimum Gasteiger partial charge on any atom is -0.478 e. The van der Waals surface area contributed by atoms with Gasteiger partial charge in [0.25, 0.3) is 0 Å². The number of hydrogen-bond donors (Lipinski definition) is 2. The molecule has 0 atom stereocenters. The molecule has 0 unspecified atom stereocenters. The summed E-state index contributed by atoms with van der Waals surface area (Å²) in [6, 6.07) is 4.97. The summed E-state index contributed by atoms with van der Waals surface area (Å²) in [7, 11) is 0. The number of carboxylic acid groups (broad SMARTS) is 2. The molecule has 0 saturated carbocycles. The number of carbonyl (C=O) groups is 2. The molecular weight excluding hydrogens is 328 g/mol. The Labute approximate surface area is 157 Å². The Kier molecular flexibility index (Phi) is 9.39. The molecule has 0 aliphatic heterocycles. The minimum atomic E-state index is -1.17. The summed E-state index contributed by atoms with van der Waals surface area (Å²) in [6.45, 7) is 6.44. The van der Waals surface area contributed by atoms with E-state index >= 15 is 0 Å². The molecule has 0 saturated heterocycles. The predicted molar refractivity (Wildman–Crippen MR) is 105 cm³/mol. The monoisotopic (exact) mass is 362 g/mol. The van der Waals surface area contributed by atoms with Crippen LogP contribution in [-0.2, 0) is 5.41 Å². The summed E-state index contributed by atoms with van der Waals surface area (Å²) in [5.74, 6) is -2.30. The van der Waals surface area contributed by atoms with Gasteiger partial charge in [-0.3, -0.25) is 0 Å². The average Bonchev–Trinajstić information content (AvgIpc) is 2.63. The molecular formula is C22H34O4. The van der Waals surface area contributed by atoms with E-state index in [1.54, 1.807) is 6.07 Å². The molecule has 146 valence electrons. The molecule has 0 spiro atoms. The molecule has 1 aromatic rings. The van der Waals surface area contributed by atoms with Crippen LogP contribution in [0.4, 0.5) is 0 Å². The van der Waals surface area contributed by atoms with Crippen molar-refractivity contribution in [1.82, 2.24) is 0 Å². The number of unbranched alkanes of at least 4 members (excludes halogenated alkanes) is 4. The van der Waals surface area contributed by atoms with Crippen LogP contribution in [-0.4, -0.2) is 22.2 Å². The molecule has 1 rings (SSSR count). The van der Waals surface area contributed by atoms with Crippen LogP contribution < -0.4 is 0 Å². The van der Waals surface area contributed by atoms with Crippen LogP contribution in [0.15, 0.2) is 18.2 Å². The van der Waals surface area contributed by atoms with Crippen LogP contribution in [0.25, 0.3) is 0 Å². The highest BCUT2D eigenvalue weighted by Gasteiger charge is 2.36. The van der Waals surface area contributed by atoms with Gasteiger partial charge < -0.3 is 10.2 Å². The SMILES string of the molecule is CCCCCC(CCCC)(CCCC)c1cccc(C(=O)O)c1C(=O)O. The van der Waals surface area contributed by atoms with Crippen LogP contribution in [0.3, 0.4) is 0 Å². The summed E-state index contributed by atoms with van der Waals surface area (Å²) in [5.41, 5.74) is 0.370. The van der Waals surface area contributed by atoms with Crippen molar-refractivity contribution in [2.24, 2.45) is 0 Å². The largest absolute Gasteiger partial charge is 0.478 e. The Morgan fingerprint density at radius 1 is 0.808 bits per heavy atom. The van der Waals surface area contributed by atoms with Gasteiger partial charge in [-0.2, -0.15) is 0 Å². The molecule has 0 amide bonds. The van der Waals surface area contributed by atoms with Crippen molar-refractivity contribution in [3.05, 3.63) is 34.9 Å². The topological polar surface area (TPSA) is 74.6 Å². The van der Waals surface area contributed by atoms with Crippen molar-refractivity contribution in [2.75, 3.05) is 0 Å². The first-order valence-corrected chi connectivity index (χ1v) is 10.0. The molecule has 4 heteroatoms. The summed E-state index contributed by atoms with van der Waals surface area (Å²) >= 11 is 0. The van der Waals surface area contributed by atoms with Crippen molar-refractivity contribution >= 4 is 11.9 Å². The summed E-state index contributed by atoms with van der Waals surface area (Å²) in [5, 5.41) is 19.3. The fourth-order valence-corrected chi connectivity index (χ4v) is 3.93. The van der Waals surface area contributed by atoms with Gasteiger partial charge in [0.05, 0.1) is 11.1 Å². The van der Waals surface area contributed by atoms with Crippen molar-refractivity contribution in [1.29, 1.82) is 0 Å². The van der Waals surface area contributed by atoms with Gasteiger partial charge >= 0.3 is 11.9 Å². The third-order valence-corrected chi connectivity index (χ3v) is 5.36. The second kappa shape index (κ2) is 11.0. The zero-order valence-electron chi connectivity index (χ0n) is 16.5. The summed E-state index contributed by atoms with van der Waals surface area (Å²) in [4.78, 5) is 23.6. The van der Waals surface area contributed by atoms with Gasteiger partial charge in [-0.05, 0) is 36.3 Å². The van der Waals surface area contributed by atoms with Gasteiger partial charge in [-0.15, -0.1) is 0 Å². The van der Waals surface area contributed by atoms with E-state index in [1.807, 2.05) is 6.07 Å². The van der Waals surface area contributed by atoms with E-state index in [9.17, 15) is 19.8 Å². The lowest BCUT2D eigenvalue weighted by Gasteiger charge is -2.36. The predicted octanol–water partition coefficient (Wildman–Crippen LogP) is 6.28. The lowest BCUT2D eigenvalue weighted by Crippen LogP contribution is -2.30. The first kappa shape index (κ1) is 22.2. The molecule has 0 radical (unpaired) electrons. The summed E-state index contributed by atoms with van der Waals surface area (Å²) in [6.07, 6.45) is 10.1. The highest BCUT2D eigenvalue weighted by atomic mass is 16.4. The molecule has 0 fully saturated rings. The van der Waals surface area contributed by atoms with E-state index in [0.717, 1.165) is 69.8 Å². The number of rotatable bonds is 13. The van der Waals surface area contributed by atoms with E-state index in [0.29, 0.717) is 0 Å². The van der Waals surface area contributed by atoms with Crippen molar-refractivity contribution in [3.63, 3.8) is 0 Å². The van der Waals surface area contributed by atoms with Gasteiger partial charge in [0.1, 0.15) is 0 Å². The van der Waals surface area contributed by atoms with Gasteiger partial charge in [0, 0.05) is 0 Å². The summed E-state index contributed by atoms with van der Waals surface area (Å²) < 4.78 is 0. The number of carboxylic acids is 2. The third-order valence-electron chi connectivity index (χ3n) is 5.36. The van der Waals surface area contributed by atoms with Crippen LogP contribution in [0.1, 0.15) is 111 Å². The van der Waals surface area contributed by atoms with E-state index in [-0.39, 0.29) is 16.5 Å². The quantitative estimate of drug-likeness (QED) is 0.405. The van der Waals surface area contributed by atoms with Crippen molar-refractivity contribution in [2.45, 2.75) is 90.4 Å². The van der Waals surface area contributed by atoms with Gasteiger partial charge in [0.15, 0.2) is 0 Å². The Morgan fingerprint density at radius 2 is 1.35 bits per heavy atom. The Morgan fingerprint density at radius 3 is 1.81 bits per heavy atom. The standard InChI is InChI=1S/C22H34O4/c1-4-7-10-16-22(14-8-5-2,15-9-6-3)18-13-11-12-17(20(23)24)19(18)21(25)26/h11-13H,4-10,14-16H2,1-3H3,(H,23,24)(H,25,26). The second-order valence-corrected chi connectivity index (χ2v) is 7.28. The van der Waals surface area contributed by atoms with Crippen LogP contribution in [0.2, 0.25) is 0 Å². The fraction of sp³-hybridized carbons (Fsp3) is 0.636. The van der Waals surface area contributed by atoms with Gasteiger partial charge in [-0.25, -0.2) is 9.59 Å². The normalized spacial score (nSPS) is 11.5. The number of hydrogen-bond acceptors (Lipinski definition) is 2. The van der Waals surface area contributed by atoms with Crippen LogP contribution in [0.5, 0.6) is 0 Å². The Bertz CT molecular complexity index is 584. The average molecular weight is 363 g/mol. The maximum absolute atomic E-state index is 12.0. The smallest absolute Gasteiger partial charge is 0.336 e. The third kappa shape index (κ3) is 5.58. The van der Waals surface area contributed by atoms with Crippen LogP contribution >= 0.6 is 0 Å². The molecule has 26 heavy (non-hydrogen) atoms. The van der Waals surface area contributed by atoms with E-state index < -0.39 is 11.9 Å². The molecule has 0 aliphatic rings. The highest BCUT2D eigenvalue weighted by Crippen LogP contribution is 2.42. The first-order valence-electron chi connectivity index (χ1n) is 10.0. The lowest BCUT2D eigenvalue weighted by molar-refractivity contribution is 0.0648. The minimum absolute atomic E-state index is 0.0105. The fourth-order valence-electron chi connectivity index (χ4n) is 3.93. The molecule has 0 aliphatic carbocycles. The number of aromatic carboxylic acids is 2.